The van der Waals surface area contributed by atoms with E-state index in [0.717, 1.165) is 10.6 Å². The molecule has 0 amide bonds. The third-order valence-electron chi connectivity index (χ3n) is 4.79. The molecule has 0 bridgehead atoms. The smallest absolute Gasteiger partial charge is 0.340 e. The quantitative estimate of drug-likeness (QED) is 0.234. The van der Waals surface area contributed by atoms with E-state index in [1.165, 1.54) is 14.2 Å². The van der Waals surface area contributed by atoms with Crippen molar-refractivity contribution < 1.29 is 19.1 Å². The first-order valence-corrected chi connectivity index (χ1v) is 19.2. The molecule has 8 heteroatoms. The van der Waals surface area contributed by atoms with Crippen LogP contribution in [0.25, 0.3) is 0 Å². The second-order valence-electron chi connectivity index (χ2n) is 9.53. The first-order chi connectivity index (χ1) is 14.9. The molecule has 0 aliphatic carbocycles. The third-order valence-corrected chi connectivity index (χ3v) is 13.7. The lowest BCUT2D eigenvalue weighted by atomic mass is 10.4. The Kier molecular flexibility index (Phi) is 8.26. The van der Waals surface area contributed by atoms with Crippen molar-refractivity contribution in [3.63, 3.8) is 0 Å². The van der Waals surface area contributed by atoms with Gasteiger partial charge in [0, 0.05) is 5.20 Å². The molecule has 2 aromatic carbocycles. The lowest BCUT2D eigenvalue weighted by Crippen LogP contribution is -2.36. The number of hydrogen-bond donors (Lipinski definition) is 0. The average Bonchev–Trinajstić information content (AvgIpc) is 2.74. The highest BCUT2D eigenvalue weighted by Gasteiger charge is 2.43. The second-order valence-corrected chi connectivity index (χ2v) is 22.4. The first kappa shape index (κ1) is 26.0. The fraction of sp³-hybridized carbons (Fsp3) is 0.333. The third kappa shape index (κ3) is 5.58. The molecule has 0 aromatic heterocycles. The molecule has 0 aliphatic rings. The summed E-state index contributed by atoms with van der Waals surface area (Å²) in [5.41, 5.74) is 0. The molecule has 0 fully saturated rings. The minimum Gasteiger partial charge on any atom is -0.466 e. The zero-order valence-corrected chi connectivity index (χ0v) is 23.2. The lowest BCUT2D eigenvalue weighted by molar-refractivity contribution is -0.138. The van der Waals surface area contributed by atoms with Crippen molar-refractivity contribution in [1.29, 1.82) is 0 Å². The largest absolute Gasteiger partial charge is 0.466 e. The van der Waals surface area contributed by atoms with Crippen LogP contribution in [-0.4, -0.2) is 42.5 Å². The highest BCUT2D eigenvalue weighted by atomic mass is 31.2. The fourth-order valence-corrected chi connectivity index (χ4v) is 14.4. The van der Waals surface area contributed by atoms with Gasteiger partial charge in [-0.2, -0.15) is 0 Å². The summed E-state index contributed by atoms with van der Waals surface area (Å²) in [6.07, 6.45) is 0. The minimum atomic E-state index is -2.90. The summed E-state index contributed by atoms with van der Waals surface area (Å²) >= 11 is 0. The van der Waals surface area contributed by atoms with Gasteiger partial charge in [-0.1, -0.05) is 99.9 Å². The van der Waals surface area contributed by atoms with Crippen LogP contribution >= 0.6 is 7.05 Å². The normalized spacial score (nSPS) is 13.1. The number of carbonyl (C=O) groups is 2. The molecule has 0 saturated heterocycles. The Hall–Kier alpha value is -2.22. The summed E-state index contributed by atoms with van der Waals surface area (Å²) in [5, 5.41) is 2.66. The number of esters is 2. The molecule has 0 spiro atoms. The molecular formula is C24H34NO4PSi2. The Balaban J connectivity index is 3.33. The Labute approximate surface area is 194 Å². The molecule has 0 heterocycles. The first-order valence-electron chi connectivity index (χ1n) is 10.5. The van der Waals surface area contributed by atoms with Gasteiger partial charge >= 0.3 is 11.9 Å². The van der Waals surface area contributed by atoms with Gasteiger partial charge in [-0.3, -0.25) is 0 Å². The zero-order chi connectivity index (χ0) is 24.2. The van der Waals surface area contributed by atoms with Crippen LogP contribution in [0.2, 0.25) is 39.3 Å². The molecule has 0 radical (unpaired) electrons. The van der Waals surface area contributed by atoms with Gasteiger partial charge in [0.2, 0.25) is 0 Å². The van der Waals surface area contributed by atoms with E-state index in [1.54, 1.807) is 0 Å². The summed E-state index contributed by atoms with van der Waals surface area (Å²) in [6, 6.07) is 19.7. The molecule has 0 aliphatic heterocycles. The van der Waals surface area contributed by atoms with Crippen LogP contribution in [0.1, 0.15) is 0 Å². The van der Waals surface area contributed by atoms with Gasteiger partial charge in [0.15, 0.2) is 8.24 Å². The van der Waals surface area contributed by atoms with Crippen LogP contribution in [0, 0.1) is 0 Å². The van der Waals surface area contributed by atoms with Crippen LogP contribution in [0.5, 0.6) is 0 Å². The van der Waals surface area contributed by atoms with Gasteiger partial charge < -0.3 is 13.9 Å². The number of rotatable bonds is 7. The maximum Gasteiger partial charge on any atom is 0.340 e. The fourth-order valence-electron chi connectivity index (χ4n) is 3.66. The van der Waals surface area contributed by atoms with E-state index in [4.69, 9.17) is 13.9 Å². The molecular weight excluding hydrogens is 453 g/mol. The van der Waals surface area contributed by atoms with Crippen molar-refractivity contribution in [2.45, 2.75) is 39.3 Å². The van der Waals surface area contributed by atoms with E-state index in [9.17, 15) is 9.59 Å². The molecule has 0 atom stereocenters. The maximum absolute atomic E-state index is 13.6. The monoisotopic (exact) mass is 487 g/mol. The van der Waals surface area contributed by atoms with Crippen molar-refractivity contribution in [3.8, 4) is 0 Å². The Morgan fingerprint density at radius 1 is 0.719 bits per heavy atom. The van der Waals surface area contributed by atoms with Crippen LogP contribution in [0.4, 0.5) is 0 Å². The number of benzene rings is 2. The van der Waals surface area contributed by atoms with E-state index in [2.05, 4.69) is 19.6 Å². The standard InChI is InChI=1S/C24H34NO4PSi2/c1-28-23(26)21(22(24(27)29-2)31(3,4)5)30(25-32(6,7)8,19-15-11-9-12-16-19)20-17-13-10-14-18-20/h9-18H,1-8H3/b22-21-. The Bertz CT molecular complexity index is 1010. The van der Waals surface area contributed by atoms with E-state index in [0.29, 0.717) is 10.5 Å². The van der Waals surface area contributed by atoms with Gasteiger partial charge in [0.05, 0.1) is 34.7 Å². The molecule has 0 saturated carbocycles. The SMILES string of the molecule is COC(=O)/C(=C(\C(=O)OC)P(=N[Si](C)(C)C)(c1ccccc1)c1ccccc1)[Si](C)(C)C. The predicted molar refractivity (Wildman–Crippen MR) is 139 cm³/mol. The van der Waals surface area contributed by atoms with Gasteiger partial charge in [0.1, 0.15) is 0 Å². The number of ether oxygens (including phenoxy) is 2. The van der Waals surface area contributed by atoms with Gasteiger partial charge in [-0.05, 0) is 10.6 Å². The molecule has 0 N–H and O–H groups in total. The summed E-state index contributed by atoms with van der Waals surface area (Å²) in [4.78, 5) is 26.8. The van der Waals surface area contributed by atoms with E-state index >= 15 is 0 Å². The van der Waals surface area contributed by atoms with Crippen LogP contribution in [0.3, 0.4) is 0 Å². The van der Waals surface area contributed by atoms with Crippen molar-refractivity contribution >= 4 is 45.9 Å². The van der Waals surface area contributed by atoms with Crippen LogP contribution in [-0.2, 0) is 19.1 Å². The number of methoxy groups -OCH3 is 2. The molecule has 172 valence electrons. The number of carbonyl (C=O) groups excluding carboxylic acids is 2. The Morgan fingerprint density at radius 2 is 1.12 bits per heavy atom. The van der Waals surface area contributed by atoms with E-state index in [1.807, 2.05) is 80.3 Å². The number of nitrogens with zero attached hydrogens (tertiary/aromatic N) is 1. The van der Waals surface area contributed by atoms with Crippen molar-refractivity contribution in [3.05, 3.63) is 71.2 Å². The summed E-state index contributed by atoms with van der Waals surface area (Å²) in [6.45, 7) is 12.6. The minimum absolute atomic E-state index is 0.367. The molecule has 2 aromatic rings. The van der Waals surface area contributed by atoms with Crippen LogP contribution in [0.15, 0.2) is 75.6 Å². The van der Waals surface area contributed by atoms with E-state index in [-0.39, 0.29) is 0 Å². The average molecular weight is 488 g/mol. The molecule has 32 heavy (non-hydrogen) atoms. The van der Waals surface area contributed by atoms with Crippen LogP contribution < -0.4 is 10.6 Å². The molecule has 2 rings (SSSR count). The van der Waals surface area contributed by atoms with Crippen molar-refractivity contribution in [1.82, 2.24) is 0 Å². The topological polar surface area (TPSA) is 65.0 Å². The Morgan fingerprint density at radius 3 is 1.44 bits per heavy atom. The highest BCUT2D eigenvalue weighted by Crippen LogP contribution is 2.58. The predicted octanol–water partition coefficient (Wildman–Crippen LogP) is 5.15. The van der Waals surface area contributed by atoms with Crippen molar-refractivity contribution in [2.75, 3.05) is 14.2 Å². The van der Waals surface area contributed by atoms with Gasteiger partial charge in [-0.25, -0.2) is 9.59 Å². The summed E-state index contributed by atoms with van der Waals surface area (Å²) in [7, 11) is -4.69. The van der Waals surface area contributed by atoms with Crippen molar-refractivity contribution in [2.24, 2.45) is 4.41 Å². The summed E-state index contributed by atoms with van der Waals surface area (Å²) < 4.78 is 16.1. The second kappa shape index (κ2) is 10.2. The maximum atomic E-state index is 13.6. The molecule has 0 unspecified atom stereocenters. The molecule has 5 nitrogen and oxygen atoms in total. The highest BCUT2D eigenvalue weighted by molar-refractivity contribution is 7.86. The summed E-state index contributed by atoms with van der Waals surface area (Å²) in [5.74, 6) is -0.998. The number of hydrogen-bond acceptors (Lipinski definition) is 5. The van der Waals surface area contributed by atoms with E-state index < -0.39 is 35.3 Å². The van der Waals surface area contributed by atoms with Gasteiger partial charge in [0.25, 0.3) is 0 Å². The zero-order valence-electron chi connectivity index (χ0n) is 20.3. The van der Waals surface area contributed by atoms with Gasteiger partial charge in [-0.15, -0.1) is 0 Å². The lowest BCUT2D eigenvalue weighted by Gasteiger charge is -2.34.